The van der Waals surface area contributed by atoms with Crippen LogP contribution in [0.3, 0.4) is 0 Å². The van der Waals surface area contributed by atoms with E-state index in [1.165, 1.54) is 25.7 Å². The van der Waals surface area contributed by atoms with E-state index in [2.05, 4.69) is 26.1 Å². The van der Waals surface area contributed by atoms with Gasteiger partial charge in [-0.15, -0.1) is 0 Å². The zero-order chi connectivity index (χ0) is 14.7. The van der Waals surface area contributed by atoms with Crippen molar-refractivity contribution in [2.45, 2.75) is 38.1 Å². The minimum Gasteiger partial charge on any atom is -0.341 e. The van der Waals surface area contributed by atoms with E-state index in [0.29, 0.717) is 12.5 Å². The predicted octanol–water partition coefficient (Wildman–Crippen LogP) is 2.98. The molecule has 1 atom stereocenters. The van der Waals surface area contributed by atoms with Crippen molar-refractivity contribution in [3.05, 3.63) is 34.3 Å². The fourth-order valence-electron chi connectivity index (χ4n) is 3.00. The third-order valence-electron chi connectivity index (χ3n) is 4.38. The number of carbonyl (C=O) groups is 1. The van der Waals surface area contributed by atoms with Crippen molar-refractivity contribution in [2.24, 2.45) is 5.92 Å². The van der Waals surface area contributed by atoms with Crippen LogP contribution >= 0.6 is 15.9 Å². The molecule has 2 fully saturated rings. The van der Waals surface area contributed by atoms with Crippen molar-refractivity contribution in [2.75, 3.05) is 19.6 Å². The molecule has 1 saturated heterocycles. The van der Waals surface area contributed by atoms with Crippen LogP contribution in [0.25, 0.3) is 0 Å². The number of rotatable bonds is 6. The van der Waals surface area contributed by atoms with Gasteiger partial charge < -0.3 is 10.2 Å². The molecular formula is C17H23BrN2O. The SMILES string of the molecule is O=C(Cc1cccc(Br)c1)N(CC1CC1)CC1CCCN1. The minimum absolute atomic E-state index is 0.272. The summed E-state index contributed by atoms with van der Waals surface area (Å²) in [6, 6.07) is 8.57. The van der Waals surface area contributed by atoms with Gasteiger partial charge in [0.1, 0.15) is 0 Å². The second-order valence-corrected chi connectivity index (χ2v) is 7.26. The molecule has 3 rings (SSSR count). The van der Waals surface area contributed by atoms with E-state index < -0.39 is 0 Å². The van der Waals surface area contributed by atoms with E-state index in [0.717, 1.165) is 35.6 Å². The lowest BCUT2D eigenvalue weighted by Gasteiger charge is -2.26. The fraction of sp³-hybridized carbons (Fsp3) is 0.588. The molecule has 0 spiro atoms. The molecule has 21 heavy (non-hydrogen) atoms. The zero-order valence-corrected chi connectivity index (χ0v) is 13.9. The Morgan fingerprint density at radius 2 is 2.14 bits per heavy atom. The van der Waals surface area contributed by atoms with Gasteiger partial charge in [-0.2, -0.15) is 0 Å². The average Bonchev–Trinajstić information content (AvgIpc) is 3.12. The molecule has 1 saturated carbocycles. The van der Waals surface area contributed by atoms with E-state index in [1.54, 1.807) is 0 Å². The first-order valence-corrected chi connectivity index (χ1v) is 8.75. The molecule has 1 unspecified atom stereocenters. The molecule has 0 radical (unpaired) electrons. The lowest BCUT2D eigenvalue weighted by molar-refractivity contribution is -0.131. The average molecular weight is 351 g/mol. The quantitative estimate of drug-likeness (QED) is 0.855. The molecule has 1 amide bonds. The Morgan fingerprint density at radius 1 is 1.29 bits per heavy atom. The summed E-state index contributed by atoms with van der Waals surface area (Å²) in [6.45, 7) is 2.93. The second kappa shape index (κ2) is 6.93. The Hall–Kier alpha value is -0.870. The van der Waals surface area contributed by atoms with Crippen LogP contribution < -0.4 is 5.32 Å². The van der Waals surface area contributed by atoms with Crippen LogP contribution in [-0.2, 0) is 11.2 Å². The molecule has 1 aliphatic carbocycles. The molecule has 3 nitrogen and oxygen atoms in total. The summed E-state index contributed by atoms with van der Waals surface area (Å²) in [7, 11) is 0. The van der Waals surface area contributed by atoms with Gasteiger partial charge in [0.2, 0.25) is 5.91 Å². The maximum atomic E-state index is 12.7. The number of halogens is 1. The summed E-state index contributed by atoms with van der Waals surface area (Å²) in [5.74, 6) is 1.02. The van der Waals surface area contributed by atoms with Gasteiger partial charge in [-0.3, -0.25) is 4.79 Å². The molecule has 0 bridgehead atoms. The maximum Gasteiger partial charge on any atom is 0.227 e. The van der Waals surface area contributed by atoms with Crippen molar-refractivity contribution < 1.29 is 4.79 Å². The first-order chi connectivity index (χ1) is 10.2. The summed E-state index contributed by atoms with van der Waals surface area (Å²) in [4.78, 5) is 14.8. The third-order valence-corrected chi connectivity index (χ3v) is 4.87. The van der Waals surface area contributed by atoms with Crippen molar-refractivity contribution in [3.8, 4) is 0 Å². The Morgan fingerprint density at radius 3 is 2.81 bits per heavy atom. The van der Waals surface area contributed by atoms with Crippen LogP contribution in [0.5, 0.6) is 0 Å². The molecule has 1 aromatic rings. The number of amides is 1. The summed E-state index contributed by atoms with van der Waals surface area (Å²) in [6.07, 6.45) is 5.53. The van der Waals surface area contributed by atoms with Crippen molar-refractivity contribution in [3.63, 3.8) is 0 Å². The Bertz CT molecular complexity index is 495. The van der Waals surface area contributed by atoms with E-state index in [1.807, 2.05) is 24.3 Å². The number of benzene rings is 1. The summed E-state index contributed by atoms with van der Waals surface area (Å²) >= 11 is 3.48. The largest absolute Gasteiger partial charge is 0.341 e. The van der Waals surface area contributed by atoms with Crippen molar-refractivity contribution in [1.82, 2.24) is 10.2 Å². The van der Waals surface area contributed by atoms with Crippen molar-refractivity contribution >= 4 is 21.8 Å². The van der Waals surface area contributed by atoms with E-state index >= 15 is 0 Å². The van der Waals surface area contributed by atoms with Crippen LogP contribution in [0.1, 0.15) is 31.2 Å². The van der Waals surface area contributed by atoms with Gasteiger partial charge in [0.05, 0.1) is 6.42 Å². The van der Waals surface area contributed by atoms with Crippen LogP contribution in [-0.4, -0.2) is 36.5 Å². The number of carbonyl (C=O) groups excluding carboxylic acids is 1. The minimum atomic E-state index is 0.272. The number of nitrogens with zero attached hydrogens (tertiary/aromatic N) is 1. The van der Waals surface area contributed by atoms with E-state index in [9.17, 15) is 4.79 Å². The summed E-state index contributed by atoms with van der Waals surface area (Å²) < 4.78 is 1.04. The highest BCUT2D eigenvalue weighted by Gasteiger charge is 2.28. The van der Waals surface area contributed by atoms with Crippen LogP contribution in [0.4, 0.5) is 0 Å². The van der Waals surface area contributed by atoms with Gasteiger partial charge in [0.15, 0.2) is 0 Å². The van der Waals surface area contributed by atoms with Gasteiger partial charge in [-0.1, -0.05) is 28.1 Å². The fourth-order valence-corrected chi connectivity index (χ4v) is 3.45. The summed E-state index contributed by atoms with van der Waals surface area (Å²) in [5, 5.41) is 3.51. The molecule has 1 aliphatic heterocycles. The Kier molecular flexibility index (Phi) is 4.96. The first-order valence-electron chi connectivity index (χ1n) is 7.96. The molecule has 0 aromatic heterocycles. The monoisotopic (exact) mass is 350 g/mol. The number of hydrogen-bond acceptors (Lipinski definition) is 2. The van der Waals surface area contributed by atoms with Gasteiger partial charge in [-0.05, 0) is 55.8 Å². The zero-order valence-electron chi connectivity index (χ0n) is 12.4. The highest BCUT2D eigenvalue weighted by molar-refractivity contribution is 9.10. The first kappa shape index (κ1) is 15.0. The molecule has 2 aliphatic rings. The van der Waals surface area contributed by atoms with Gasteiger partial charge >= 0.3 is 0 Å². The van der Waals surface area contributed by atoms with Crippen LogP contribution in [0.2, 0.25) is 0 Å². The molecule has 1 aromatic carbocycles. The van der Waals surface area contributed by atoms with Crippen LogP contribution in [0, 0.1) is 5.92 Å². The topological polar surface area (TPSA) is 32.3 Å². The third kappa shape index (κ3) is 4.55. The maximum absolute atomic E-state index is 12.7. The lowest BCUT2D eigenvalue weighted by atomic mass is 10.1. The Balaban J connectivity index is 1.61. The number of nitrogens with one attached hydrogen (secondary N) is 1. The highest BCUT2D eigenvalue weighted by atomic mass is 79.9. The van der Waals surface area contributed by atoms with Gasteiger partial charge in [0, 0.05) is 23.6 Å². The van der Waals surface area contributed by atoms with Gasteiger partial charge in [0.25, 0.3) is 0 Å². The second-order valence-electron chi connectivity index (χ2n) is 6.34. The molecule has 4 heteroatoms. The van der Waals surface area contributed by atoms with E-state index in [4.69, 9.17) is 0 Å². The highest BCUT2D eigenvalue weighted by Crippen LogP contribution is 2.30. The lowest BCUT2D eigenvalue weighted by Crippen LogP contribution is -2.42. The van der Waals surface area contributed by atoms with Gasteiger partial charge in [-0.25, -0.2) is 0 Å². The number of hydrogen-bond donors (Lipinski definition) is 1. The standard InChI is InChI=1S/C17H23BrN2O/c18-15-4-1-3-14(9-15)10-17(21)20(11-13-6-7-13)12-16-5-2-8-19-16/h1,3-4,9,13,16,19H,2,5-8,10-12H2. The summed E-state index contributed by atoms with van der Waals surface area (Å²) in [5.41, 5.74) is 1.09. The predicted molar refractivity (Wildman–Crippen MR) is 88.2 cm³/mol. The molecule has 1 heterocycles. The molecular weight excluding hydrogens is 328 g/mol. The normalized spacial score (nSPS) is 21.5. The Labute approximate surface area is 135 Å². The molecule has 1 N–H and O–H groups in total. The van der Waals surface area contributed by atoms with Crippen molar-refractivity contribution in [1.29, 1.82) is 0 Å². The smallest absolute Gasteiger partial charge is 0.227 e. The van der Waals surface area contributed by atoms with E-state index in [-0.39, 0.29) is 5.91 Å². The molecule has 114 valence electrons. The van der Waals surface area contributed by atoms with Crippen LogP contribution in [0.15, 0.2) is 28.7 Å².